The van der Waals surface area contributed by atoms with Gasteiger partial charge in [0.2, 0.25) is 11.7 Å². The van der Waals surface area contributed by atoms with Gasteiger partial charge in [0.05, 0.1) is 0 Å². The molecular formula is C26H29N5O2. The van der Waals surface area contributed by atoms with Gasteiger partial charge in [0.1, 0.15) is 6.54 Å². The predicted octanol–water partition coefficient (Wildman–Crippen LogP) is 3.68. The van der Waals surface area contributed by atoms with Gasteiger partial charge >= 0.3 is 0 Å². The van der Waals surface area contributed by atoms with Crippen molar-refractivity contribution < 1.29 is 4.79 Å². The minimum absolute atomic E-state index is 0.0765. The van der Waals surface area contributed by atoms with Crippen LogP contribution in [0.5, 0.6) is 0 Å². The molecule has 0 atom stereocenters. The number of carbonyl (C=O) groups excluding carboxylic acids is 1. The molecule has 4 rings (SSSR count). The van der Waals surface area contributed by atoms with Gasteiger partial charge in [-0.15, -0.1) is 5.10 Å². The molecule has 0 spiro atoms. The van der Waals surface area contributed by atoms with Crippen molar-refractivity contribution in [2.45, 2.75) is 46.6 Å². The summed E-state index contributed by atoms with van der Waals surface area (Å²) in [5.74, 6) is 0.724. The van der Waals surface area contributed by atoms with E-state index in [9.17, 15) is 9.59 Å². The second-order valence-corrected chi connectivity index (χ2v) is 8.33. The monoisotopic (exact) mass is 443 g/mol. The molecule has 170 valence electrons. The standard InChI is InChI=1S/C26H29N5O2/c1-4-5-15-27-23(32)17-30-19(3)22(16-20-9-7-6-8-10-20)25(33)31-26(30)28-24(29-31)21-13-11-18(2)12-14-21/h6-14H,4-5,15-17H2,1-3H3,(H,27,32). The van der Waals surface area contributed by atoms with Gasteiger partial charge in [-0.25, -0.2) is 0 Å². The molecule has 0 aliphatic carbocycles. The lowest BCUT2D eigenvalue weighted by Gasteiger charge is -2.15. The van der Waals surface area contributed by atoms with Crippen LogP contribution in [0.15, 0.2) is 59.4 Å². The van der Waals surface area contributed by atoms with Crippen LogP contribution in [0, 0.1) is 13.8 Å². The Kier molecular flexibility index (Phi) is 6.68. The molecule has 0 fully saturated rings. The van der Waals surface area contributed by atoms with Crippen LogP contribution in [-0.4, -0.2) is 31.6 Å². The highest BCUT2D eigenvalue weighted by atomic mass is 16.2. The van der Waals surface area contributed by atoms with Gasteiger partial charge < -0.3 is 9.88 Å². The Balaban J connectivity index is 1.83. The number of unbranched alkanes of at least 4 members (excludes halogenated alkanes) is 1. The average Bonchev–Trinajstić information content (AvgIpc) is 3.26. The Hall–Kier alpha value is -3.74. The first-order chi connectivity index (χ1) is 16.0. The van der Waals surface area contributed by atoms with Crippen molar-refractivity contribution >= 4 is 11.7 Å². The third-order valence-corrected chi connectivity index (χ3v) is 5.81. The van der Waals surface area contributed by atoms with Crippen LogP contribution in [0.25, 0.3) is 17.2 Å². The quantitative estimate of drug-likeness (QED) is 0.421. The lowest BCUT2D eigenvalue weighted by molar-refractivity contribution is -0.121. The fraction of sp³-hybridized carbons (Fsp3) is 0.308. The van der Waals surface area contributed by atoms with Crippen molar-refractivity contribution in [3.8, 4) is 11.4 Å². The molecule has 33 heavy (non-hydrogen) atoms. The zero-order chi connectivity index (χ0) is 23.4. The molecule has 1 amide bonds. The van der Waals surface area contributed by atoms with Crippen molar-refractivity contribution in [3.63, 3.8) is 0 Å². The van der Waals surface area contributed by atoms with E-state index in [-0.39, 0.29) is 18.0 Å². The van der Waals surface area contributed by atoms with Crippen LogP contribution in [0.4, 0.5) is 0 Å². The summed E-state index contributed by atoms with van der Waals surface area (Å²) in [5.41, 5.74) is 4.10. The highest BCUT2D eigenvalue weighted by Crippen LogP contribution is 2.19. The Morgan fingerprint density at radius 2 is 1.76 bits per heavy atom. The number of hydrogen-bond acceptors (Lipinski definition) is 4. The van der Waals surface area contributed by atoms with Gasteiger partial charge in [-0.2, -0.15) is 9.50 Å². The Bertz CT molecular complexity index is 1320. The molecule has 0 aliphatic rings. The lowest BCUT2D eigenvalue weighted by Crippen LogP contribution is -2.32. The molecular weight excluding hydrogens is 414 g/mol. The number of rotatable bonds is 8. The molecule has 0 saturated heterocycles. The number of hydrogen-bond donors (Lipinski definition) is 1. The third kappa shape index (κ3) is 4.87. The van der Waals surface area contributed by atoms with Crippen LogP contribution in [-0.2, 0) is 17.8 Å². The summed E-state index contributed by atoms with van der Waals surface area (Å²) in [6.07, 6.45) is 2.39. The van der Waals surface area contributed by atoms with Crippen LogP contribution in [0.2, 0.25) is 0 Å². The maximum Gasteiger partial charge on any atom is 0.279 e. The van der Waals surface area contributed by atoms with E-state index < -0.39 is 0 Å². The van der Waals surface area contributed by atoms with Gasteiger partial charge in [-0.1, -0.05) is 73.5 Å². The number of aryl methyl sites for hydroxylation is 1. The molecule has 0 saturated carbocycles. The molecule has 0 bridgehead atoms. The van der Waals surface area contributed by atoms with E-state index in [1.807, 2.05) is 68.4 Å². The SMILES string of the molecule is CCCCNC(=O)Cn1c(C)c(Cc2ccccc2)c(=O)n2nc(-c3ccc(C)cc3)nc12. The number of nitrogens with zero attached hydrogens (tertiary/aromatic N) is 4. The van der Waals surface area contributed by atoms with Gasteiger partial charge in [-0.3, -0.25) is 9.59 Å². The van der Waals surface area contributed by atoms with Crippen LogP contribution < -0.4 is 10.9 Å². The Morgan fingerprint density at radius 3 is 2.45 bits per heavy atom. The predicted molar refractivity (Wildman–Crippen MR) is 129 cm³/mol. The van der Waals surface area contributed by atoms with Gasteiger partial charge in [0, 0.05) is 29.8 Å². The highest BCUT2D eigenvalue weighted by Gasteiger charge is 2.20. The van der Waals surface area contributed by atoms with E-state index >= 15 is 0 Å². The molecule has 7 nitrogen and oxygen atoms in total. The van der Waals surface area contributed by atoms with Crippen molar-refractivity contribution in [1.82, 2.24) is 24.5 Å². The summed E-state index contributed by atoms with van der Waals surface area (Å²) < 4.78 is 3.13. The molecule has 2 heterocycles. The van der Waals surface area contributed by atoms with E-state index in [1.165, 1.54) is 4.52 Å². The number of carbonyl (C=O) groups is 1. The minimum atomic E-state index is -0.208. The zero-order valence-corrected chi connectivity index (χ0v) is 19.3. The maximum atomic E-state index is 13.4. The van der Waals surface area contributed by atoms with E-state index in [1.54, 1.807) is 4.57 Å². The number of benzene rings is 2. The minimum Gasteiger partial charge on any atom is -0.355 e. The Morgan fingerprint density at radius 1 is 1.03 bits per heavy atom. The third-order valence-electron chi connectivity index (χ3n) is 5.81. The van der Waals surface area contributed by atoms with Crippen molar-refractivity contribution in [3.05, 3.63) is 87.3 Å². The number of nitrogens with one attached hydrogen (secondary N) is 1. The van der Waals surface area contributed by atoms with E-state index in [0.717, 1.165) is 35.2 Å². The van der Waals surface area contributed by atoms with Gasteiger partial charge in [-0.05, 0) is 25.8 Å². The molecule has 2 aromatic heterocycles. The van der Waals surface area contributed by atoms with Crippen molar-refractivity contribution in [2.75, 3.05) is 6.54 Å². The molecule has 1 N–H and O–H groups in total. The Labute approximate surface area is 193 Å². The summed E-state index contributed by atoms with van der Waals surface area (Å²) in [4.78, 5) is 30.8. The summed E-state index contributed by atoms with van der Waals surface area (Å²) >= 11 is 0. The fourth-order valence-corrected chi connectivity index (χ4v) is 3.83. The smallest absolute Gasteiger partial charge is 0.279 e. The molecule has 0 aliphatic heterocycles. The second kappa shape index (κ2) is 9.81. The van der Waals surface area contributed by atoms with Crippen LogP contribution in [0.1, 0.15) is 42.1 Å². The van der Waals surface area contributed by atoms with Crippen LogP contribution >= 0.6 is 0 Å². The normalized spacial score (nSPS) is 11.1. The van der Waals surface area contributed by atoms with Gasteiger partial charge in [0.25, 0.3) is 5.56 Å². The second-order valence-electron chi connectivity index (χ2n) is 8.33. The summed E-state index contributed by atoms with van der Waals surface area (Å²) in [6, 6.07) is 17.7. The average molecular weight is 444 g/mol. The first-order valence-electron chi connectivity index (χ1n) is 11.3. The number of fused-ring (bicyclic) bond motifs is 1. The topological polar surface area (TPSA) is 81.3 Å². The van der Waals surface area contributed by atoms with E-state index in [0.29, 0.717) is 30.1 Å². The van der Waals surface area contributed by atoms with Crippen molar-refractivity contribution in [1.29, 1.82) is 0 Å². The molecule has 2 aromatic carbocycles. The van der Waals surface area contributed by atoms with Crippen LogP contribution in [0.3, 0.4) is 0 Å². The first kappa shape index (κ1) is 22.5. The number of aromatic nitrogens is 4. The summed E-state index contributed by atoms with van der Waals surface area (Å²) in [5, 5.41) is 7.50. The van der Waals surface area contributed by atoms with Crippen molar-refractivity contribution in [2.24, 2.45) is 0 Å². The number of amides is 1. The van der Waals surface area contributed by atoms with Gasteiger partial charge in [0.15, 0.2) is 5.82 Å². The first-order valence-corrected chi connectivity index (χ1v) is 11.3. The molecule has 7 heteroatoms. The molecule has 4 aromatic rings. The van der Waals surface area contributed by atoms with E-state index in [4.69, 9.17) is 0 Å². The summed E-state index contributed by atoms with van der Waals surface area (Å²) in [7, 11) is 0. The highest BCUT2D eigenvalue weighted by molar-refractivity contribution is 5.76. The molecule has 0 unspecified atom stereocenters. The summed E-state index contributed by atoms with van der Waals surface area (Å²) in [6.45, 7) is 6.68. The lowest BCUT2D eigenvalue weighted by atomic mass is 10.0. The zero-order valence-electron chi connectivity index (χ0n) is 19.3. The largest absolute Gasteiger partial charge is 0.355 e. The van der Waals surface area contributed by atoms with E-state index in [2.05, 4.69) is 22.3 Å². The molecule has 0 radical (unpaired) electrons. The maximum absolute atomic E-state index is 13.4. The fourth-order valence-electron chi connectivity index (χ4n) is 3.83.